The molecule has 2 aromatic carbocycles. The van der Waals surface area contributed by atoms with Crippen LogP contribution in [0, 0.1) is 7.11 Å². The molecule has 0 aliphatic heterocycles. The lowest BCUT2D eigenvalue weighted by Gasteiger charge is -2.02. The van der Waals surface area contributed by atoms with E-state index in [0.29, 0.717) is 5.75 Å². The molecule has 12 heavy (non-hydrogen) atoms. The maximum absolute atomic E-state index is 5.12. The van der Waals surface area contributed by atoms with E-state index < -0.39 is 0 Å². The molecule has 0 aliphatic rings. The van der Waals surface area contributed by atoms with Crippen LogP contribution < -0.4 is 4.74 Å². The molecule has 0 N–H and O–H groups in total. The van der Waals surface area contributed by atoms with Crippen molar-refractivity contribution in [2.24, 2.45) is 0 Å². The maximum atomic E-state index is 5.12. The molecular weight excluding hydrogens is 148 g/mol. The minimum Gasteiger partial charge on any atom is -0.482 e. The first-order chi connectivity index (χ1) is 5.92. The van der Waals surface area contributed by atoms with Crippen molar-refractivity contribution in [3.63, 3.8) is 0 Å². The molecule has 0 saturated heterocycles. The minimum atomic E-state index is 0.716. The second kappa shape index (κ2) is 2.86. The molecule has 0 fully saturated rings. The van der Waals surface area contributed by atoms with Crippen molar-refractivity contribution in [1.82, 2.24) is 0 Å². The van der Waals surface area contributed by atoms with Crippen LogP contribution in [-0.4, -0.2) is 0 Å². The third-order valence-electron chi connectivity index (χ3n) is 1.88. The van der Waals surface area contributed by atoms with Gasteiger partial charge in [0.05, 0.1) is 0 Å². The summed E-state index contributed by atoms with van der Waals surface area (Å²) in [5, 5.41) is 2.18. The molecule has 0 aromatic heterocycles. The van der Waals surface area contributed by atoms with Gasteiger partial charge in [0, 0.05) is 5.39 Å². The fourth-order valence-corrected chi connectivity index (χ4v) is 1.30. The molecular formula is C11H8O. The molecule has 0 atom stereocenters. The van der Waals surface area contributed by atoms with E-state index in [-0.39, 0.29) is 0 Å². The van der Waals surface area contributed by atoms with Crippen LogP contribution >= 0.6 is 0 Å². The zero-order chi connectivity index (χ0) is 8.39. The molecule has 1 nitrogen and oxygen atoms in total. The summed E-state index contributed by atoms with van der Waals surface area (Å²) >= 11 is 0. The second-order valence-electron chi connectivity index (χ2n) is 2.60. The summed E-state index contributed by atoms with van der Waals surface area (Å²) in [6.45, 7) is 0. The molecule has 2 rings (SSSR count). The maximum Gasteiger partial charge on any atom is 0.180 e. The summed E-state index contributed by atoms with van der Waals surface area (Å²) in [7, 11) is 5.12. The van der Waals surface area contributed by atoms with E-state index in [4.69, 9.17) is 11.8 Å². The minimum absolute atomic E-state index is 0.716. The highest BCUT2D eigenvalue weighted by Crippen LogP contribution is 2.24. The number of hydrogen-bond acceptors (Lipinski definition) is 1. The lowest BCUT2D eigenvalue weighted by atomic mass is 10.1. The van der Waals surface area contributed by atoms with Crippen LogP contribution in [0.5, 0.6) is 5.75 Å². The van der Waals surface area contributed by atoms with Gasteiger partial charge in [0.2, 0.25) is 0 Å². The standard InChI is InChI=1S/C11H8O/c1-12-11-8-4-6-9-5-2-3-7-10(9)11/h1-8H. The van der Waals surface area contributed by atoms with Gasteiger partial charge in [-0.25, -0.2) is 0 Å². The average molecular weight is 156 g/mol. The summed E-state index contributed by atoms with van der Waals surface area (Å²) in [5.74, 6) is 0.716. The number of benzene rings is 2. The molecule has 0 heterocycles. The molecule has 0 spiro atoms. The van der Waals surface area contributed by atoms with Crippen LogP contribution in [0.25, 0.3) is 10.8 Å². The van der Waals surface area contributed by atoms with Crippen LogP contribution in [0.15, 0.2) is 42.5 Å². The van der Waals surface area contributed by atoms with Gasteiger partial charge in [-0.15, -0.1) is 0 Å². The lowest BCUT2D eigenvalue weighted by Crippen LogP contribution is -1.80. The average Bonchev–Trinajstić information content (AvgIpc) is 2.17. The van der Waals surface area contributed by atoms with Gasteiger partial charge >= 0.3 is 0 Å². The molecule has 0 unspecified atom stereocenters. The van der Waals surface area contributed by atoms with Gasteiger partial charge in [0.25, 0.3) is 0 Å². The van der Waals surface area contributed by atoms with Crippen molar-refractivity contribution in [2.75, 3.05) is 0 Å². The van der Waals surface area contributed by atoms with E-state index >= 15 is 0 Å². The Morgan fingerprint density at radius 2 is 1.67 bits per heavy atom. The summed E-state index contributed by atoms with van der Waals surface area (Å²) in [4.78, 5) is 0. The normalized spacial score (nSPS) is 10.1. The van der Waals surface area contributed by atoms with Crippen molar-refractivity contribution in [3.05, 3.63) is 49.6 Å². The van der Waals surface area contributed by atoms with E-state index in [9.17, 15) is 0 Å². The molecule has 1 heteroatoms. The molecule has 2 aromatic rings. The molecule has 0 saturated carbocycles. The Labute approximate surface area is 71.6 Å². The van der Waals surface area contributed by atoms with E-state index in [1.54, 1.807) is 0 Å². The van der Waals surface area contributed by atoms with Gasteiger partial charge in [-0.2, -0.15) is 0 Å². The Bertz CT molecular complexity index is 388. The fourth-order valence-electron chi connectivity index (χ4n) is 1.30. The smallest absolute Gasteiger partial charge is 0.180 e. The summed E-state index contributed by atoms with van der Waals surface area (Å²) < 4.78 is 4.73. The van der Waals surface area contributed by atoms with Gasteiger partial charge in [-0.1, -0.05) is 36.4 Å². The number of rotatable bonds is 1. The van der Waals surface area contributed by atoms with Gasteiger partial charge in [0.15, 0.2) is 7.11 Å². The predicted octanol–water partition coefficient (Wildman–Crippen LogP) is 2.89. The molecule has 58 valence electrons. The lowest BCUT2D eigenvalue weighted by molar-refractivity contribution is 0.478. The van der Waals surface area contributed by atoms with E-state index in [1.165, 1.54) is 0 Å². The van der Waals surface area contributed by atoms with Crippen molar-refractivity contribution < 1.29 is 4.74 Å². The van der Waals surface area contributed by atoms with E-state index in [2.05, 4.69) is 0 Å². The SMILES string of the molecule is [CH]Oc1cccc2ccccc12. The van der Waals surface area contributed by atoms with Gasteiger partial charge in [0.1, 0.15) is 5.75 Å². The number of ether oxygens (including phenoxy) is 1. The van der Waals surface area contributed by atoms with Crippen LogP contribution in [0.4, 0.5) is 0 Å². The van der Waals surface area contributed by atoms with Crippen LogP contribution in [-0.2, 0) is 0 Å². The van der Waals surface area contributed by atoms with Crippen molar-refractivity contribution in [2.45, 2.75) is 0 Å². The first kappa shape index (κ1) is 7.17. The molecule has 0 aliphatic carbocycles. The summed E-state index contributed by atoms with van der Waals surface area (Å²) in [6, 6.07) is 13.8. The quantitative estimate of drug-likeness (QED) is 0.616. The Hall–Kier alpha value is -1.50. The summed E-state index contributed by atoms with van der Waals surface area (Å²) in [5.41, 5.74) is 0. The second-order valence-corrected chi connectivity index (χ2v) is 2.60. The Balaban J connectivity index is 2.79. The van der Waals surface area contributed by atoms with E-state index in [1.807, 2.05) is 42.5 Å². The zero-order valence-corrected chi connectivity index (χ0v) is 6.53. The fraction of sp³-hybridized carbons (Fsp3) is 0. The molecule has 0 amide bonds. The largest absolute Gasteiger partial charge is 0.482 e. The zero-order valence-electron chi connectivity index (χ0n) is 6.53. The van der Waals surface area contributed by atoms with Gasteiger partial charge in [-0.3, -0.25) is 0 Å². The van der Waals surface area contributed by atoms with Crippen LogP contribution in [0.1, 0.15) is 0 Å². The topological polar surface area (TPSA) is 9.23 Å². The van der Waals surface area contributed by atoms with Gasteiger partial charge in [-0.05, 0) is 11.5 Å². The van der Waals surface area contributed by atoms with Crippen molar-refractivity contribution in [1.29, 1.82) is 0 Å². The molecule has 2 radical (unpaired) electrons. The highest BCUT2D eigenvalue weighted by Gasteiger charge is 1.97. The molecule has 0 bridgehead atoms. The van der Waals surface area contributed by atoms with Gasteiger partial charge < -0.3 is 4.74 Å². The Morgan fingerprint density at radius 3 is 2.50 bits per heavy atom. The first-order valence-electron chi connectivity index (χ1n) is 3.76. The van der Waals surface area contributed by atoms with Crippen LogP contribution in [0.3, 0.4) is 0 Å². The Kier molecular flexibility index (Phi) is 1.71. The van der Waals surface area contributed by atoms with Crippen LogP contribution in [0.2, 0.25) is 0 Å². The van der Waals surface area contributed by atoms with Crippen molar-refractivity contribution >= 4 is 10.8 Å². The number of hydrogen-bond donors (Lipinski definition) is 0. The van der Waals surface area contributed by atoms with Crippen molar-refractivity contribution in [3.8, 4) is 5.75 Å². The number of fused-ring (bicyclic) bond motifs is 1. The monoisotopic (exact) mass is 156 g/mol. The third-order valence-corrected chi connectivity index (χ3v) is 1.88. The van der Waals surface area contributed by atoms with E-state index in [0.717, 1.165) is 10.8 Å². The first-order valence-corrected chi connectivity index (χ1v) is 3.76. The third kappa shape index (κ3) is 1.03. The summed E-state index contributed by atoms with van der Waals surface area (Å²) in [6.07, 6.45) is 0. The highest BCUT2D eigenvalue weighted by atomic mass is 16.5. The predicted molar refractivity (Wildman–Crippen MR) is 48.9 cm³/mol. The highest BCUT2D eigenvalue weighted by molar-refractivity contribution is 5.88. The Morgan fingerprint density at radius 1 is 0.917 bits per heavy atom.